The largest absolute Gasteiger partial charge is 0.320 e. The summed E-state index contributed by atoms with van der Waals surface area (Å²) in [5.74, 6) is -1.04. The van der Waals surface area contributed by atoms with Crippen molar-refractivity contribution in [1.82, 2.24) is 0 Å². The van der Waals surface area contributed by atoms with Crippen LogP contribution in [0, 0.1) is 11.6 Å². The van der Waals surface area contributed by atoms with Crippen LogP contribution in [0.4, 0.5) is 18.8 Å². The summed E-state index contributed by atoms with van der Waals surface area (Å²) in [6.45, 7) is 0.137. The van der Waals surface area contributed by atoms with Crippen molar-refractivity contribution in [2.75, 3.05) is 4.90 Å². The molecule has 0 amide bonds. The average molecular weight is 408 g/mol. The van der Waals surface area contributed by atoms with Crippen LogP contribution < -0.4 is 4.90 Å². The third-order valence-corrected chi connectivity index (χ3v) is 7.01. The van der Waals surface area contributed by atoms with Gasteiger partial charge in [-0.2, -0.15) is 0 Å². The van der Waals surface area contributed by atoms with E-state index in [2.05, 4.69) is 36.4 Å². The summed E-state index contributed by atoms with van der Waals surface area (Å²) in [4.78, 5) is 2.01. The first-order valence-electron chi connectivity index (χ1n) is 8.86. The SMILES string of the molecule is Fc1cccc(F)c1CN(c1cc2ccccc2s1)c1cc2ccccc2s1. The predicted octanol–water partition coefficient (Wildman–Crippen LogP) is 7.73. The highest BCUT2D eigenvalue weighted by molar-refractivity contribution is 7.25. The number of thiophene rings is 2. The number of benzene rings is 3. The molecule has 0 unspecified atom stereocenters. The maximum absolute atomic E-state index is 14.4. The summed E-state index contributed by atoms with van der Waals surface area (Å²) in [6.07, 6.45) is 0. The van der Waals surface area contributed by atoms with E-state index in [-0.39, 0.29) is 12.1 Å². The Morgan fingerprint density at radius 3 is 1.64 bits per heavy atom. The van der Waals surface area contributed by atoms with E-state index in [4.69, 9.17) is 0 Å². The lowest BCUT2D eigenvalue weighted by Crippen LogP contribution is -2.16. The van der Waals surface area contributed by atoms with Crippen LogP contribution in [0.2, 0.25) is 0 Å². The first-order valence-corrected chi connectivity index (χ1v) is 10.5. The van der Waals surface area contributed by atoms with Crippen LogP contribution in [-0.4, -0.2) is 0 Å². The van der Waals surface area contributed by atoms with E-state index < -0.39 is 11.6 Å². The molecule has 2 aromatic heterocycles. The number of fused-ring (bicyclic) bond motifs is 2. The molecule has 0 aliphatic heterocycles. The number of rotatable bonds is 4. The van der Waals surface area contributed by atoms with Crippen LogP contribution >= 0.6 is 22.7 Å². The Balaban J connectivity index is 1.67. The highest BCUT2D eigenvalue weighted by Crippen LogP contribution is 2.42. The fraction of sp³-hybridized carbons (Fsp3) is 0.0435. The van der Waals surface area contributed by atoms with Crippen LogP contribution in [-0.2, 0) is 6.54 Å². The fourth-order valence-corrected chi connectivity index (χ4v) is 5.52. The zero-order valence-corrected chi connectivity index (χ0v) is 16.4. The normalized spacial score (nSPS) is 11.4. The zero-order valence-electron chi connectivity index (χ0n) is 14.7. The van der Waals surface area contributed by atoms with Gasteiger partial charge in [-0.15, -0.1) is 22.7 Å². The summed E-state index contributed by atoms with van der Waals surface area (Å²) >= 11 is 3.26. The zero-order chi connectivity index (χ0) is 19.1. The van der Waals surface area contributed by atoms with Gasteiger partial charge in [0.05, 0.1) is 16.5 Å². The minimum absolute atomic E-state index is 0.0809. The molecule has 0 N–H and O–H groups in total. The molecule has 0 radical (unpaired) electrons. The molecule has 138 valence electrons. The van der Waals surface area contributed by atoms with Gasteiger partial charge in [-0.1, -0.05) is 42.5 Å². The summed E-state index contributed by atoms with van der Waals surface area (Å²) in [6, 6.07) is 24.4. The van der Waals surface area contributed by atoms with Crippen LogP contribution in [0.15, 0.2) is 78.9 Å². The summed E-state index contributed by atoms with van der Waals surface area (Å²) in [5.41, 5.74) is 0.0809. The topological polar surface area (TPSA) is 3.24 Å². The molecule has 1 nitrogen and oxygen atoms in total. The second-order valence-electron chi connectivity index (χ2n) is 6.53. The van der Waals surface area contributed by atoms with Gasteiger partial charge in [-0.25, -0.2) is 8.78 Å². The van der Waals surface area contributed by atoms with E-state index >= 15 is 0 Å². The molecule has 0 atom stereocenters. The lowest BCUT2D eigenvalue weighted by Gasteiger charge is -2.22. The monoisotopic (exact) mass is 407 g/mol. The van der Waals surface area contributed by atoms with E-state index in [0.717, 1.165) is 30.2 Å². The molecule has 0 saturated heterocycles. The maximum Gasteiger partial charge on any atom is 0.131 e. The highest BCUT2D eigenvalue weighted by Gasteiger charge is 2.19. The Labute approximate surface area is 169 Å². The molecule has 0 bridgehead atoms. The lowest BCUT2D eigenvalue weighted by molar-refractivity contribution is 0.556. The summed E-state index contributed by atoms with van der Waals surface area (Å²) in [7, 11) is 0. The molecule has 28 heavy (non-hydrogen) atoms. The van der Waals surface area contributed by atoms with E-state index in [1.807, 2.05) is 29.2 Å². The van der Waals surface area contributed by atoms with Gasteiger partial charge in [0, 0.05) is 15.0 Å². The van der Waals surface area contributed by atoms with Crippen molar-refractivity contribution in [2.45, 2.75) is 6.54 Å². The Morgan fingerprint density at radius 1 is 0.643 bits per heavy atom. The van der Waals surface area contributed by atoms with Crippen molar-refractivity contribution in [3.8, 4) is 0 Å². The van der Waals surface area contributed by atoms with Crippen molar-refractivity contribution in [3.63, 3.8) is 0 Å². The molecule has 3 aromatic carbocycles. The first kappa shape index (κ1) is 17.3. The van der Waals surface area contributed by atoms with Crippen LogP contribution in [0.5, 0.6) is 0 Å². The minimum atomic E-state index is -0.521. The fourth-order valence-electron chi connectivity index (χ4n) is 3.31. The van der Waals surface area contributed by atoms with Gasteiger partial charge in [-0.05, 0) is 47.2 Å². The van der Waals surface area contributed by atoms with E-state index in [1.165, 1.54) is 18.2 Å². The van der Waals surface area contributed by atoms with Crippen molar-refractivity contribution in [1.29, 1.82) is 0 Å². The Kier molecular flexibility index (Phi) is 4.34. The smallest absolute Gasteiger partial charge is 0.131 e. The van der Waals surface area contributed by atoms with Gasteiger partial charge in [0.25, 0.3) is 0 Å². The third-order valence-electron chi connectivity index (χ3n) is 4.74. The van der Waals surface area contributed by atoms with E-state index in [1.54, 1.807) is 22.7 Å². The van der Waals surface area contributed by atoms with Crippen molar-refractivity contribution >= 4 is 52.8 Å². The molecule has 5 heteroatoms. The number of halogens is 2. The van der Waals surface area contributed by atoms with Gasteiger partial charge >= 0.3 is 0 Å². The highest BCUT2D eigenvalue weighted by atomic mass is 32.1. The predicted molar refractivity (Wildman–Crippen MR) is 116 cm³/mol. The quantitative estimate of drug-likeness (QED) is 0.295. The first-order chi connectivity index (χ1) is 13.7. The van der Waals surface area contributed by atoms with E-state index in [0.29, 0.717) is 0 Å². The molecular weight excluding hydrogens is 392 g/mol. The van der Waals surface area contributed by atoms with Gasteiger partial charge in [0.1, 0.15) is 11.6 Å². The minimum Gasteiger partial charge on any atom is -0.320 e. The molecule has 5 aromatic rings. The molecule has 0 saturated carbocycles. The summed E-state index contributed by atoms with van der Waals surface area (Å²) in [5, 5.41) is 4.19. The molecule has 0 aliphatic rings. The van der Waals surface area contributed by atoms with Gasteiger partial charge < -0.3 is 4.90 Å². The molecule has 0 spiro atoms. The molecule has 0 aliphatic carbocycles. The van der Waals surface area contributed by atoms with Crippen LogP contribution in [0.1, 0.15) is 5.56 Å². The van der Waals surface area contributed by atoms with Crippen LogP contribution in [0.25, 0.3) is 20.2 Å². The van der Waals surface area contributed by atoms with Gasteiger partial charge in [0.15, 0.2) is 0 Å². The second-order valence-corrected chi connectivity index (χ2v) is 8.66. The van der Waals surface area contributed by atoms with Crippen molar-refractivity contribution in [2.24, 2.45) is 0 Å². The Hall–Kier alpha value is -2.76. The third kappa shape index (κ3) is 3.07. The van der Waals surface area contributed by atoms with Crippen LogP contribution in [0.3, 0.4) is 0 Å². The van der Waals surface area contributed by atoms with E-state index in [9.17, 15) is 8.78 Å². The standard InChI is InChI=1S/C23H15F2NS2/c24-18-8-5-9-19(25)17(18)14-26(22-12-15-6-1-3-10-20(15)27-22)23-13-16-7-2-4-11-21(16)28-23/h1-13H,14H2. The molecule has 2 heterocycles. The molecule has 5 rings (SSSR count). The second kappa shape index (κ2) is 7.00. The Bertz CT molecular complexity index is 1130. The van der Waals surface area contributed by atoms with Gasteiger partial charge in [-0.3, -0.25) is 0 Å². The Morgan fingerprint density at radius 2 is 1.14 bits per heavy atom. The number of anilines is 2. The van der Waals surface area contributed by atoms with Gasteiger partial charge in [0.2, 0.25) is 0 Å². The number of hydrogen-bond acceptors (Lipinski definition) is 3. The lowest BCUT2D eigenvalue weighted by atomic mass is 10.2. The number of hydrogen-bond donors (Lipinski definition) is 0. The van der Waals surface area contributed by atoms with Crippen molar-refractivity contribution in [3.05, 3.63) is 96.1 Å². The average Bonchev–Trinajstić information content (AvgIpc) is 3.31. The van der Waals surface area contributed by atoms with Crippen molar-refractivity contribution < 1.29 is 8.78 Å². The maximum atomic E-state index is 14.4. The summed E-state index contributed by atoms with van der Waals surface area (Å²) < 4.78 is 31.1. The molecular formula is C23H15F2NS2. The molecule has 0 fully saturated rings. The number of nitrogens with zero attached hydrogens (tertiary/aromatic N) is 1.